The molecule has 1 heterocycles. The summed E-state index contributed by atoms with van der Waals surface area (Å²) in [5.41, 5.74) is 5.42. The summed E-state index contributed by atoms with van der Waals surface area (Å²) in [7, 11) is 0. The molecule has 78 valence electrons. The van der Waals surface area contributed by atoms with Crippen molar-refractivity contribution in [3.05, 3.63) is 12.7 Å². The van der Waals surface area contributed by atoms with Crippen LogP contribution in [0.2, 0.25) is 0 Å². The molecule has 0 aliphatic rings. The lowest BCUT2D eigenvalue weighted by atomic mass is 10.2. The predicted octanol–water partition coefficient (Wildman–Crippen LogP) is 2.22. The minimum atomic E-state index is 0.380. The molecule has 1 rings (SSSR count). The molecule has 0 aliphatic heterocycles. The van der Waals surface area contributed by atoms with Gasteiger partial charge in [-0.3, -0.25) is 0 Å². The summed E-state index contributed by atoms with van der Waals surface area (Å²) in [5.74, 6) is 0.380. The first-order valence-corrected chi connectivity index (χ1v) is 5.55. The third kappa shape index (κ3) is 3.83. The third-order valence-corrected chi connectivity index (χ3v) is 2.84. The van der Waals surface area contributed by atoms with Crippen molar-refractivity contribution in [1.82, 2.24) is 15.2 Å². The maximum Gasteiger partial charge on any atom is 0.216 e. The van der Waals surface area contributed by atoms with E-state index in [1.165, 1.54) is 0 Å². The zero-order valence-electron chi connectivity index (χ0n) is 8.36. The summed E-state index contributed by atoms with van der Waals surface area (Å²) in [4.78, 5) is 4.03. The predicted molar refractivity (Wildman–Crippen MR) is 60.2 cm³/mol. The minimum absolute atomic E-state index is 0.380. The van der Waals surface area contributed by atoms with Gasteiger partial charge >= 0.3 is 0 Å². The van der Waals surface area contributed by atoms with Gasteiger partial charge in [0.05, 0.1) is 0 Å². The number of aromatic nitrogens is 3. The molecule has 0 fully saturated rings. The number of unbranched alkanes of at least 4 members (excludes halogenated alkanes) is 1. The van der Waals surface area contributed by atoms with E-state index in [0.29, 0.717) is 11.2 Å². The molecule has 4 nitrogen and oxygen atoms in total. The van der Waals surface area contributed by atoms with Crippen LogP contribution in [0.15, 0.2) is 17.8 Å². The number of hydrogen-bond acceptors (Lipinski definition) is 4. The molecule has 0 radical (unpaired) electrons. The Bertz CT molecular complexity index is 284. The van der Waals surface area contributed by atoms with E-state index in [9.17, 15) is 0 Å². The number of aromatic amines is 1. The first-order chi connectivity index (χ1) is 6.72. The van der Waals surface area contributed by atoms with Gasteiger partial charge in [0.25, 0.3) is 0 Å². The third-order valence-electron chi connectivity index (χ3n) is 1.81. The molecule has 1 atom stereocenters. The lowest BCUT2D eigenvalue weighted by molar-refractivity contribution is 0.740. The molecule has 0 spiro atoms. The van der Waals surface area contributed by atoms with E-state index in [2.05, 4.69) is 28.7 Å². The van der Waals surface area contributed by atoms with Crippen LogP contribution in [0, 0.1) is 0 Å². The molecule has 0 bridgehead atoms. The summed E-state index contributed by atoms with van der Waals surface area (Å²) in [6.07, 6.45) is 5.33. The molecule has 0 unspecified atom stereocenters. The van der Waals surface area contributed by atoms with Crippen LogP contribution in [0.25, 0.3) is 0 Å². The fourth-order valence-electron chi connectivity index (χ4n) is 1.10. The number of nitrogen functional groups attached to an aromatic ring is 1. The van der Waals surface area contributed by atoms with E-state index >= 15 is 0 Å². The van der Waals surface area contributed by atoms with Crippen LogP contribution in [-0.2, 0) is 0 Å². The number of allylic oxidation sites excluding steroid dienone is 1. The highest BCUT2D eigenvalue weighted by Crippen LogP contribution is 2.23. The van der Waals surface area contributed by atoms with Crippen molar-refractivity contribution in [2.24, 2.45) is 0 Å². The van der Waals surface area contributed by atoms with E-state index in [-0.39, 0.29) is 0 Å². The smallest absolute Gasteiger partial charge is 0.216 e. The average Bonchev–Trinajstić information content (AvgIpc) is 2.52. The van der Waals surface area contributed by atoms with E-state index < -0.39 is 0 Å². The molecule has 3 N–H and O–H groups in total. The number of nitrogens with two attached hydrogens (primary N) is 1. The number of rotatable bonds is 6. The number of thioether (sulfide) groups is 1. The van der Waals surface area contributed by atoms with Crippen molar-refractivity contribution >= 4 is 17.7 Å². The van der Waals surface area contributed by atoms with Crippen LogP contribution in [-0.4, -0.2) is 20.4 Å². The number of nitrogens with one attached hydrogen (secondary N) is 1. The maximum atomic E-state index is 5.42. The second kappa shape index (κ2) is 5.70. The average molecular weight is 212 g/mol. The van der Waals surface area contributed by atoms with Gasteiger partial charge in [0, 0.05) is 5.25 Å². The highest BCUT2D eigenvalue weighted by atomic mass is 32.2. The molecule has 0 saturated heterocycles. The van der Waals surface area contributed by atoms with Crippen LogP contribution < -0.4 is 5.73 Å². The minimum Gasteiger partial charge on any atom is -0.368 e. The molecular weight excluding hydrogens is 196 g/mol. The van der Waals surface area contributed by atoms with Crippen LogP contribution in [0.1, 0.15) is 26.2 Å². The van der Waals surface area contributed by atoms with Crippen molar-refractivity contribution in [1.29, 1.82) is 0 Å². The maximum absolute atomic E-state index is 5.42. The van der Waals surface area contributed by atoms with Crippen LogP contribution in [0.5, 0.6) is 0 Å². The Kier molecular flexibility index (Phi) is 4.52. The Morgan fingerprint density at radius 3 is 3.07 bits per heavy atom. The van der Waals surface area contributed by atoms with E-state index in [1.54, 1.807) is 11.8 Å². The number of nitrogens with zero attached hydrogens (tertiary/aromatic N) is 2. The quantitative estimate of drug-likeness (QED) is 0.431. The van der Waals surface area contributed by atoms with Gasteiger partial charge in [-0.05, 0) is 19.3 Å². The Labute approximate surface area is 88.4 Å². The summed E-state index contributed by atoms with van der Waals surface area (Å²) >= 11 is 1.65. The lowest BCUT2D eigenvalue weighted by Crippen LogP contribution is -1.96. The molecular formula is C9H16N4S. The van der Waals surface area contributed by atoms with Gasteiger partial charge in [0.2, 0.25) is 11.1 Å². The Morgan fingerprint density at radius 2 is 2.50 bits per heavy atom. The molecule has 0 saturated carbocycles. The van der Waals surface area contributed by atoms with Gasteiger partial charge in [-0.1, -0.05) is 24.8 Å². The zero-order chi connectivity index (χ0) is 10.4. The van der Waals surface area contributed by atoms with Crippen molar-refractivity contribution in [3.63, 3.8) is 0 Å². The second-order valence-corrected chi connectivity index (χ2v) is 4.56. The van der Waals surface area contributed by atoms with Crippen molar-refractivity contribution in [2.75, 3.05) is 5.73 Å². The molecule has 0 aromatic carbocycles. The first kappa shape index (κ1) is 11.1. The lowest BCUT2D eigenvalue weighted by Gasteiger charge is -2.06. The molecule has 5 heteroatoms. The van der Waals surface area contributed by atoms with E-state index in [4.69, 9.17) is 5.73 Å². The standard InChI is InChI=1S/C9H16N4S/c1-3-4-5-6-7(2)14-9-11-8(10)12-13-9/h3,7H,1,4-6H2,2H3,(H3,10,11,12,13)/t7-/m0/s1. The van der Waals surface area contributed by atoms with Gasteiger partial charge in [0.15, 0.2) is 0 Å². The van der Waals surface area contributed by atoms with Crippen LogP contribution in [0.4, 0.5) is 5.95 Å². The van der Waals surface area contributed by atoms with Crippen molar-refractivity contribution in [3.8, 4) is 0 Å². The normalized spacial score (nSPS) is 12.6. The SMILES string of the molecule is C=CCCC[C@H](C)Sc1n[nH]c(N)n1. The largest absolute Gasteiger partial charge is 0.368 e. The van der Waals surface area contributed by atoms with Gasteiger partial charge in [-0.25, -0.2) is 5.10 Å². The highest BCUT2D eigenvalue weighted by Gasteiger charge is 2.07. The Morgan fingerprint density at radius 1 is 1.71 bits per heavy atom. The molecule has 14 heavy (non-hydrogen) atoms. The fraction of sp³-hybridized carbons (Fsp3) is 0.556. The van der Waals surface area contributed by atoms with Crippen LogP contribution >= 0.6 is 11.8 Å². The van der Waals surface area contributed by atoms with Crippen molar-refractivity contribution in [2.45, 2.75) is 36.6 Å². The molecule has 0 aliphatic carbocycles. The molecule has 0 amide bonds. The second-order valence-electron chi connectivity index (χ2n) is 3.15. The zero-order valence-corrected chi connectivity index (χ0v) is 9.18. The van der Waals surface area contributed by atoms with E-state index in [1.807, 2.05) is 6.08 Å². The number of H-pyrrole nitrogens is 1. The summed E-state index contributed by atoms with van der Waals surface area (Å²) in [5, 5.41) is 7.84. The topological polar surface area (TPSA) is 67.6 Å². The summed E-state index contributed by atoms with van der Waals surface area (Å²) < 4.78 is 0. The van der Waals surface area contributed by atoms with Gasteiger partial charge < -0.3 is 5.73 Å². The van der Waals surface area contributed by atoms with Gasteiger partial charge in [-0.15, -0.1) is 11.7 Å². The number of hydrogen-bond donors (Lipinski definition) is 2. The molecule has 1 aromatic heterocycles. The van der Waals surface area contributed by atoms with Gasteiger partial charge in [0.1, 0.15) is 0 Å². The van der Waals surface area contributed by atoms with Gasteiger partial charge in [-0.2, -0.15) is 4.98 Å². The summed E-state index contributed by atoms with van der Waals surface area (Å²) in [6, 6.07) is 0. The first-order valence-electron chi connectivity index (χ1n) is 4.68. The monoisotopic (exact) mass is 212 g/mol. The Hall–Kier alpha value is -0.970. The Balaban J connectivity index is 2.26. The highest BCUT2D eigenvalue weighted by molar-refractivity contribution is 7.99. The fourth-order valence-corrected chi connectivity index (χ4v) is 1.99. The summed E-state index contributed by atoms with van der Waals surface area (Å²) in [6.45, 7) is 5.86. The number of anilines is 1. The van der Waals surface area contributed by atoms with Crippen molar-refractivity contribution < 1.29 is 0 Å². The van der Waals surface area contributed by atoms with Crippen LogP contribution in [0.3, 0.4) is 0 Å². The van der Waals surface area contributed by atoms with E-state index in [0.717, 1.165) is 24.4 Å². The molecule has 1 aromatic rings.